The van der Waals surface area contributed by atoms with E-state index in [-0.39, 0.29) is 6.10 Å². The largest absolute Gasteiger partial charge is 0.376 e. The molecule has 4 nitrogen and oxygen atoms in total. The number of ether oxygens (including phenoxy) is 1. The van der Waals surface area contributed by atoms with Crippen LogP contribution in [0.15, 0.2) is 24.4 Å². The van der Waals surface area contributed by atoms with Crippen LogP contribution in [0.5, 0.6) is 0 Å². The minimum Gasteiger partial charge on any atom is -0.376 e. The van der Waals surface area contributed by atoms with E-state index >= 15 is 0 Å². The number of nitrogens with zero attached hydrogens (tertiary/aromatic N) is 3. The lowest BCUT2D eigenvalue weighted by molar-refractivity contribution is 0.00370. The number of hydrogen-bond acceptors (Lipinski definition) is 3. The molecular formula is C20H23N3O. The zero-order valence-corrected chi connectivity index (χ0v) is 14.2. The first-order valence-corrected chi connectivity index (χ1v) is 8.93. The van der Waals surface area contributed by atoms with Crippen LogP contribution in [0, 0.1) is 24.7 Å². The topological polar surface area (TPSA) is 39.9 Å². The highest BCUT2D eigenvalue weighted by Crippen LogP contribution is 2.28. The molecule has 4 rings (SSSR count). The van der Waals surface area contributed by atoms with E-state index in [1.54, 1.807) is 0 Å². The number of hydrogen-bond donors (Lipinski definition) is 0. The Balaban J connectivity index is 1.53. The molecule has 0 bridgehead atoms. The van der Waals surface area contributed by atoms with Gasteiger partial charge in [0, 0.05) is 23.7 Å². The van der Waals surface area contributed by atoms with Crippen LogP contribution in [-0.2, 0) is 11.3 Å². The number of benzene rings is 1. The van der Waals surface area contributed by atoms with Gasteiger partial charge in [0.1, 0.15) is 5.69 Å². The summed E-state index contributed by atoms with van der Waals surface area (Å²) in [5, 5.41) is 8.66. The second kappa shape index (κ2) is 6.78. The van der Waals surface area contributed by atoms with Gasteiger partial charge in [-0.1, -0.05) is 29.2 Å². The summed E-state index contributed by atoms with van der Waals surface area (Å²) in [7, 11) is 0. The first-order chi connectivity index (χ1) is 11.8. The summed E-state index contributed by atoms with van der Waals surface area (Å²) >= 11 is 0. The van der Waals surface area contributed by atoms with Crippen LogP contribution in [-0.4, -0.2) is 27.7 Å². The van der Waals surface area contributed by atoms with Crippen molar-refractivity contribution in [3.8, 4) is 23.1 Å². The lowest BCUT2D eigenvalue weighted by Gasteiger charge is -2.21. The maximum Gasteiger partial charge on any atom is 0.113 e. The Hall–Kier alpha value is -2.12. The summed E-state index contributed by atoms with van der Waals surface area (Å²) in [6, 6.07) is 6.25. The highest BCUT2D eigenvalue weighted by Gasteiger charge is 2.18. The van der Waals surface area contributed by atoms with E-state index in [1.807, 2.05) is 10.9 Å². The van der Waals surface area contributed by atoms with Gasteiger partial charge in [0.15, 0.2) is 0 Å². The van der Waals surface area contributed by atoms with Gasteiger partial charge in [-0.05, 0) is 50.7 Å². The molecule has 1 aromatic heterocycles. The second-order valence-corrected chi connectivity index (χ2v) is 6.84. The standard InChI is InChI=1S/C20H23N3O/c1-15-17(11-10-16-8-9-16)5-4-7-19(15)20-14-23(22-21-20)13-18-6-2-3-12-24-18/h4-5,7,14,16,18H,2-3,6,8-9,12-13H2,1H3/t18-/m1/s1. The van der Waals surface area contributed by atoms with Crippen molar-refractivity contribution in [3.63, 3.8) is 0 Å². The summed E-state index contributed by atoms with van der Waals surface area (Å²) in [6.07, 6.45) is 8.33. The predicted molar refractivity (Wildman–Crippen MR) is 93.4 cm³/mol. The molecule has 0 N–H and O–H groups in total. The Labute approximate surface area is 143 Å². The third-order valence-corrected chi connectivity index (χ3v) is 4.80. The second-order valence-electron chi connectivity index (χ2n) is 6.84. The van der Waals surface area contributed by atoms with E-state index in [9.17, 15) is 0 Å². The first-order valence-electron chi connectivity index (χ1n) is 8.93. The van der Waals surface area contributed by atoms with Gasteiger partial charge in [-0.25, -0.2) is 4.68 Å². The van der Waals surface area contributed by atoms with Crippen molar-refractivity contribution in [2.24, 2.45) is 5.92 Å². The number of aromatic nitrogens is 3. The van der Waals surface area contributed by atoms with Crippen LogP contribution in [0.2, 0.25) is 0 Å². The van der Waals surface area contributed by atoms with Crippen molar-refractivity contribution in [2.75, 3.05) is 6.61 Å². The highest BCUT2D eigenvalue weighted by atomic mass is 16.5. The molecule has 2 aliphatic rings. The van der Waals surface area contributed by atoms with Crippen LogP contribution in [0.1, 0.15) is 43.2 Å². The van der Waals surface area contributed by atoms with E-state index in [2.05, 4.69) is 47.3 Å². The molecule has 1 saturated heterocycles. The van der Waals surface area contributed by atoms with Crippen molar-refractivity contribution >= 4 is 0 Å². The molecule has 1 aliphatic carbocycles. The summed E-state index contributed by atoms with van der Waals surface area (Å²) in [5.74, 6) is 7.29. The van der Waals surface area contributed by atoms with Gasteiger partial charge in [0.25, 0.3) is 0 Å². The predicted octanol–water partition coefficient (Wildman–Crippen LogP) is 3.58. The minimum absolute atomic E-state index is 0.269. The average molecular weight is 321 g/mol. The molecule has 1 saturated carbocycles. The summed E-state index contributed by atoms with van der Waals surface area (Å²) in [5.41, 5.74) is 4.32. The summed E-state index contributed by atoms with van der Waals surface area (Å²) in [6.45, 7) is 3.77. The van der Waals surface area contributed by atoms with Crippen LogP contribution < -0.4 is 0 Å². The normalized spacial score (nSPS) is 20.5. The van der Waals surface area contributed by atoms with E-state index in [1.165, 1.54) is 31.2 Å². The molecule has 124 valence electrons. The number of rotatable bonds is 3. The molecule has 0 amide bonds. The zero-order chi connectivity index (χ0) is 16.4. The average Bonchev–Trinajstić information content (AvgIpc) is 3.33. The molecule has 1 aromatic carbocycles. The van der Waals surface area contributed by atoms with Gasteiger partial charge in [-0.2, -0.15) is 0 Å². The van der Waals surface area contributed by atoms with E-state index in [0.29, 0.717) is 5.92 Å². The van der Waals surface area contributed by atoms with Gasteiger partial charge in [0.2, 0.25) is 0 Å². The van der Waals surface area contributed by atoms with Crippen LogP contribution in [0.25, 0.3) is 11.3 Å². The van der Waals surface area contributed by atoms with Gasteiger partial charge in [0.05, 0.1) is 18.8 Å². The molecule has 2 aromatic rings. The van der Waals surface area contributed by atoms with E-state index in [0.717, 1.165) is 36.4 Å². The van der Waals surface area contributed by atoms with Gasteiger partial charge >= 0.3 is 0 Å². The highest BCUT2D eigenvalue weighted by molar-refractivity contribution is 5.66. The summed E-state index contributed by atoms with van der Waals surface area (Å²) < 4.78 is 7.70. The maximum absolute atomic E-state index is 5.79. The van der Waals surface area contributed by atoms with Gasteiger partial charge in [-0.15, -0.1) is 5.10 Å². The molecule has 2 heterocycles. The molecule has 1 atom stereocenters. The fourth-order valence-corrected chi connectivity index (χ4v) is 3.13. The van der Waals surface area contributed by atoms with Crippen molar-refractivity contribution in [2.45, 2.75) is 51.7 Å². The van der Waals surface area contributed by atoms with Crippen LogP contribution in [0.3, 0.4) is 0 Å². The molecule has 2 fully saturated rings. The Morgan fingerprint density at radius 3 is 2.96 bits per heavy atom. The summed E-state index contributed by atoms with van der Waals surface area (Å²) in [4.78, 5) is 0. The molecule has 0 spiro atoms. The Bertz CT molecular complexity index is 774. The van der Waals surface area contributed by atoms with Crippen molar-refractivity contribution < 1.29 is 4.74 Å². The quantitative estimate of drug-likeness (QED) is 0.811. The van der Waals surface area contributed by atoms with Gasteiger partial charge in [-0.3, -0.25) is 0 Å². The molecule has 0 unspecified atom stereocenters. The van der Waals surface area contributed by atoms with Crippen LogP contribution in [0.4, 0.5) is 0 Å². The molecule has 0 radical (unpaired) electrons. The first kappa shape index (κ1) is 15.4. The van der Waals surface area contributed by atoms with Crippen molar-refractivity contribution in [3.05, 3.63) is 35.5 Å². The minimum atomic E-state index is 0.269. The fourth-order valence-electron chi connectivity index (χ4n) is 3.13. The Morgan fingerprint density at radius 1 is 1.25 bits per heavy atom. The molecule has 1 aliphatic heterocycles. The van der Waals surface area contributed by atoms with Crippen molar-refractivity contribution in [1.29, 1.82) is 0 Å². The lowest BCUT2D eigenvalue weighted by Crippen LogP contribution is -2.24. The van der Waals surface area contributed by atoms with E-state index in [4.69, 9.17) is 4.74 Å². The lowest BCUT2D eigenvalue weighted by atomic mass is 10.0. The van der Waals surface area contributed by atoms with Gasteiger partial charge < -0.3 is 4.74 Å². The molecule has 4 heteroatoms. The molecule has 24 heavy (non-hydrogen) atoms. The van der Waals surface area contributed by atoms with E-state index < -0.39 is 0 Å². The Morgan fingerprint density at radius 2 is 2.17 bits per heavy atom. The smallest absolute Gasteiger partial charge is 0.113 e. The fraction of sp³-hybridized carbons (Fsp3) is 0.500. The third kappa shape index (κ3) is 3.52. The Kier molecular flexibility index (Phi) is 4.36. The van der Waals surface area contributed by atoms with Crippen LogP contribution >= 0.6 is 0 Å². The SMILES string of the molecule is Cc1c(C#CC2CC2)cccc1-c1cn(C[C@H]2CCCCO2)nn1. The third-order valence-electron chi connectivity index (χ3n) is 4.80. The molecular weight excluding hydrogens is 298 g/mol. The monoisotopic (exact) mass is 321 g/mol. The zero-order valence-electron chi connectivity index (χ0n) is 14.2. The van der Waals surface area contributed by atoms with Crippen molar-refractivity contribution in [1.82, 2.24) is 15.0 Å². The maximum atomic E-state index is 5.79.